The normalized spacial score (nSPS) is 11.6. The Hall–Kier alpha value is -0.700. The molecule has 0 aromatic heterocycles. The molecule has 0 atom stereocenters. The van der Waals surface area contributed by atoms with E-state index in [0.29, 0.717) is 5.92 Å². The summed E-state index contributed by atoms with van der Waals surface area (Å²) in [4.78, 5) is 0. The minimum Gasteiger partial charge on any atom is -0.115 e. The summed E-state index contributed by atoms with van der Waals surface area (Å²) in [5.41, 5.74) is 1.27. The average Bonchev–Trinajstić information content (AvgIpc) is 1.67. The second kappa shape index (κ2) is 3.32. The molecule has 0 spiro atoms. The molecule has 8 heavy (non-hydrogen) atoms. The first-order valence-electron chi connectivity index (χ1n) is 2.81. The summed E-state index contributed by atoms with van der Waals surface area (Å²) in [5, 5.41) is 0. The molecule has 0 aromatic carbocycles. The summed E-state index contributed by atoms with van der Waals surface area (Å²) in [7, 11) is 0. The van der Waals surface area contributed by atoms with Gasteiger partial charge in [-0.2, -0.15) is 0 Å². The smallest absolute Gasteiger partial charge is 0.0130 e. The van der Waals surface area contributed by atoms with Crippen molar-refractivity contribution in [1.29, 1.82) is 0 Å². The lowest BCUT2D eigenvalue weighted by atomic mass is 10.1. The van der Waals surface area contributed by atoms with E-state index in [1.165, 1.54) is 5.57 Å². The zero-order valence-corrected chi connectivity index (χ0v) is 5.73. The molecule has 0 aliphatic rings. The number of rotatable bonds is 1. The molecule has 0 amide bonds. The largest absolute Gasteiger partial charge is 0.115 e. The van der Waals surface area contributed by atoms with Gasteiger partial charge in [-0.3, -0.25) is 0 Å². The van der Waals surface area contributed by atoms with Crippen molar-refractivity contribution in [3.63, 3.8) is 0 Å². The van der Waals surface area contributed by atoms with Gasteiger partial charge in [0.05, 0.1) is 0 Å². The van der Waals surface area contributed by atoms with Crippen LogP contribution in [0.1, 0.15) is 20.8 Å². The van der Waals surface area contributed by atoms with Crippen LogP contribution in [0.3, 0.4) is 0 Å². The third-order valence-electron chi connectivity index (χ3n) is 1.22. The topological polar surface area (TPSA) is 0 Å². The molecule has 0 aromatic rings. The van der Waals surface area contributed by atoms with Crippen molar-refractivity contribution in [2.45, 2.75) is 20.8 Å². The van der Waals surface area contributed by atoms with Crippen LogP contribution in [0.15, 0.2) is 11.6 Å². The molecule has 0 nitrogen and oxygen atoms in total. The van der Waals surface area contributed by atoms with Crippen LogP contribution < -0.4 is 0 Å². The minimum absolute atomic E-state index is 0.589. The van der Waals surface area contributed by atoms with Crippen LogP contribution >= 0.6 is 0 Å². The molecule has 0 radical (unpaired) electrons. The van der Waals surface area contributed by atoms with Crippen molar-refractivity contribution >= 4 is 0 Å². The van der Waals surface area contributed by atoms with E-state index in [9.17, 15) is 0 Å². The molecular weight excluding hydrogens is 96.1 g/mol. The summed E-state index contributed by atoms with van der Waals surface area (Å²) in [6.45, 7) is 6.30. The van der Waals surface area contributed by atoms with Crippen molar-refractivity contribution in [1.82, 2.24) is 0 Å². The summed E-state index contributed by atoms with van der Waals surface area (Å²) in [6, 6.07) is 0. The first kappa shape index (κ1) is 7.30. The van der Waals surface area contributed by atoms with Gasteiger partial charge >= 0.3 is 0 Å². The Kier molecular flexibility index (Phi) is 3.03. The van der Waals surface area contributed by atoms with Crippen LogP contribution in [0.2, 0.25) is 0 Å². The maximum Gasteiger partial charge on any atom is -0.0130 e. The molecule has 0 rings (SSSR count). The van der Waals surface area contributed by atoms with Crippen LogP contribution in [0, 0.1) is 18.3 Å². The Morgan fingerprint density at radius 2 is 2.12 bits per heavy atom. The lowest BCUT2D eigenvalue weighted by Gasteiger charge is -1.99. The van der Waals surface area contributed by atoms with Crippen LogP contribution in [0.5, 0.6) is 0 Å². The van der Waals surface area contributed by atoms with E-state index in [-0.39, 0.29) is 0 Å². The summed E-state index contributed by atoms with van der Waals surface area (Å²) >= 11 is 0. The van der Waals surface area contributed by atoms with Gasteiger partial charge in [0.2, 0.25) is 0 Å². The van der Waals surface area contributed by atoms with E-state index in [1.54, 1.807) is 0 Å². The average molecular weight is 108 g/mol. The summed E-state index contributed by atoms with van der Waals surface area (Å²) in [5.74, 6) is 3.08. The van der Waals surface area contributed by atoms with E-state index in [4.69, 9.17) is 6.42 Å². The molecule has 0 fully saturated rings. The van der Waals surface area contributed by atoms with Crippen molar-refractivity contribution in [3.8, 4) is 12.3 Å². The van der Waals surface area contributed by atoms with Crippen LogP contribution in [-0.2, 0) is 0 Å². The van der Waals surface area contributed by atoms with E-state index in [1.807, 2.05) is 13.0 Å². The monoisotopic (exact) mass is 108 g/mol. The highest BCUT2D eigenvalue weighted by molar-refractivity contribution is 5.16. The Labute approximate surface area is 51.6 Å². The molecule has 0 bridgehead atoms. The van der Waals surface area contributed by atoms with Gasteiger partial charge in [0, 0.05) is 0 Å². The first-order valence-corrected chi connectivity index (χ1v) is 2.81. The maximum absolute atomic E-state index is 5.04. The van der Waals surface area contributed by atoms with Gasteiger partial charge in [-0.05, 0) is 18.9 Å². The quantitative estimate of drug-likeness (QED) is 0.452. The standard InChI is InChI=1S/C8H12/c1-5-6-8(4)7(2)3/h1,6-7H,2-4H3/b8-6+. The molecule has 0 saturated heterocycles. The van der Waals surface area contributed by atoms with Crippen molar-refractivity contribution < 1.29 is 0 Å². The summed E-state index contributed by atoms with van der Waals surface area (Å²) in [6.07, 6.45) is 6.85. The van der Waals surface area contributed by atoms with Crippen LogP contribution in [0.4, 0.5) is 0 Å². The van der Waals surface area contributed by atoms with Gasteiger partial charge in [0.25, 0.3) is 0 Å². The Bertz CT molecular complexity index is 121. The predicted octanol–water partition coefficient (Wildman–Crippen LogP) is 2.22. The lowest BCUT2D eigenvalue weighted by molar-refractivity contribution is 0.770. The summed E-state index contributed by atoms with van der Waals surface area (Å²) < 4.78 is 0. The van der Waals surface area contributed by atoms with Gasteiger partial charge in [-0.1, -0.05) is 25.3 Å². The van der Waals surface area contributed by atoms with Gasteiger partial charge in [-0.15, -0.1) is 6.42 Å². The molecule has 0 heteroatoms. The van der Waals surface area contributed by atoms with Gasteiger partial charge in [-0.25, -0.2) is 0 Å². The number of hydrogen-bond donors (Lipinski definition) is 0. The fourth-order valence-electron chi connectivity index (χ4n) is 0.298. The SMILES string of the molecule is C#C/C=C(\C)C(C)C. The van der Waals surface area contributed by atoms with Crippen molar-refractivity contribution in [2.24, 2.45) is 5.92 Å². The third-order valence-corrected chi connectivity index (χ3v) is 1.22. The molecule has 0 N–H and O–H groups in total. The second-order valence-electron chi connectivity index (χ2n) is 2.21. The number of allylic oxidation sites excluding steroid dienone is 2. The molecule has 0 aliphatic heterocycles. The van der Waals surface area contributed by atoms with Crippen molar-refractivity contribution in [3.05, 3.63) is 11.6 Å². The minimum atomic E-state index is 0.589. The Balaban J connectivity index is 3.85. The fourth-order valence-corrected chi connectivity index (χ4v) is 0.298. The highest BCUT2D eigenvalue weighted by Crippen LogP contribution is 2.05. The van der Waals surface area contributed by atoms with E-state index in [0.717, 1.165) is 0 Å². The molecule has 0 heterocycles. The highest BCUT2D eigenvalue weighted by Gasteiger charge is 1.91. The van der Waals surface area contributed by atoms with Gasteiger partial charge in [0.15, 0.2) is 0 Å². The Morgan fingerprint density at radius 3 is 2.25 bits per heavy atom. The van der Waals surface area contributed by atoms with E-state index >= 15 is 0 Å². The second-order valence-corrected chi connectivity index (χ2v) is 2.21. The van der Waals surface area contributed by atoms with Crippen LogP contribution in [0.25, 0.3) is 0 Å². The molecule has 44 valence electrons. The molecule has 0 aliphatic carbocycles. The molecule has 0 unspecified atom stereocenters. The fraction of sp³-hybridized carbons (Fsp3) is 0.500. The maximum atomic E-state index is 5.04. The highest BCUT2D eigenvalue weighted by atomic mass is 14.0. The zero-order valence-electron chi connectivity index (χ0n) is 5.73. The zero-order chi connectivity index (χ0) is 6.57. The predicted molar refractivity (Wildman–Crippen MR) is 37.4 cm³/mol. The van der Waals surface area contributed by atoms with Gasteiger partial charge in [0.1, 0.15) is 0 Å². The number of hydrogen-bond acceptors (Lipinski definition) is 0. The lowest BCUT2D eigenvalue weighted by Crippen LogP contribution is -1.86. The van der Waals surface area contributed by atoms with Crippen LogP contribution in [-0.4, -0.2) is 0 Å². The molecule has 0 saturated carbocycles. The van der Waals surface area contributed by atoms with Gasteiger partial charge < -0.3 is 0 Å². The Morgan fingerprint density at radius 1 is 1.62 bits per heavy atom. The van der Waals surface area contributed by atoms with Crippen molar-refractivity contribution in [2.75, 3.05) is 0 Å². The molecular formula is C8H12. The number of terminal acetylenes is 1. The van der Waals surface area contributed by atoms with E-state index in [2.05, 4.69) is 19.8 Å². The first-order chi connectivity index (χ1) is 3.68. The third kappa shape index (κ3) is 2.47. The van der Waals surface area contributed by atoms with E-state index < -0.39 is 0 Å².